The topological polar surface area (TPSA) is 119 Å². The molecule has 2 fully saturated rings. The Balaban J connectivity index is 1.36. The van der Waals surface area contributed by atoms with Gasteiger partial charge in [-0.15, -0.1) is 0 Å². The van der Waals surface area contributed by atoms with Crippen molar-refractivity contribution >= 4 is 61.3 Å². The first-order valence-electron chi connectivity index (χ1n) is 11.7. The average molecular weight is 552 g/mol. The van der Waals surface area contributed by atoms with Crippen molar-refractivity contribution in [2.45, 2.75) is 44.8 Å². The molecule has 184 valence electrons. The molecule has 4 heterocycles. The Hall–Kier alpha value is -3.60. The number of rotatable bonds is 4. The summed E-state index contributed by atoms with van der Waals surface area (Å²) in [7, 11) is 0. The lowest BCUT2D eigenvalue weighted by Gasteiger charge is -2.37. The van der Waals surface area contributed by atoms with Crippen molar-refractivity contribution in [2.75, 3.05) is 11.1 Å². The van der Waals surface area contributed by atoms with Gasteiger partial charge in [-0.1, -0.05) is 6.07 Å². The number of aryl methyl sites for hydroxylation is 1. The molecule has 2 aliphatic rings. The normalized spacial score (nSPS) is 21.0. The highest BCUT2D eigenvalue weighted by Crippen LogP contribution is 2.44. The fourth-order valence-corrected chi connectivity index (χ4v) is 5.88. The minimum atomic E-state index is -0.595. The smallest absolute Gasteiger partial charge is 0.248 e. The molecule has 3 atom stereocenters. The van der Waals surface area contributed by atoms with Crippen LogP contribution in [0.4, 0.5) is 16.0 Å². The van der Waals surface area contributed by atoms with Gasteiger partial charge < -0.3 is 20.5 Å². The zero-order chi connectivity index (χ0) is 25.1. The largest absolute Gasteiger partial charge is 0.383 e. The number of pyridine rings is 1. The Bertz CT molecular complexity index is 1550. The van der Waals surface area contributed by atoms with Gasteiger partial charge in [-0.05, 0) is 77.9 Å². The van der Waals surface area contributed by atoms with Crippen LogP contribution in [0.2, 0.25) is 0 Å². The highest BCUT2D eigenvalue weighted by atomic mass is 79.9. The molecule has 11 heteroatoms. The summed E-state index contributed by atoms with van der Waals surface area (Å²) in [6, 6.07) is 7.80. The quantitative estimate of drug-likeness (QED) is 0.372. The second-order valence-corrected chi connectivity index (χ2v) is 10.3. The minimum Gasteiger partial charge on any atom is -0.383 e. The number of carbonyl (C=O) groups is 2. The van der Waals surface area contributed by atoms with Gasteiger partial charge in [-0.25, -0.2) is 19.3 Å². The van der Waals surface area contributed by atoms with Crippen molar-refractivity contribution in [3.05, 3.63) is 52.6 Å². The number of nitrogens with one attached hydrogen (secondary N) is 1. The lowest BCUT2D eigenvalue weighted by molar-refractivity contribution is -0.140. The zero-order valence-electron chi connectivity index (χ0n) is 19.4. The second kappa shape index (κ2) is 8.51. The van der Waals surface area contributed by atoms with Crippen molar-refractivity contribution in [3.8, 4) is 0 Å². The summed E-state index contributed by atoms with van der Waals surface area (Å²) in [5, 5.41) is 3.92. The minimum absolute atomic E-state index is 0.0238. The summed E-state index contributed by atoms with van der Waals surface area (Å²) in [6.07, 6.45) is 3.80. The maximum absolute atomic E-state index is 14.5. The van der Waals surface area contributed by atoms with Crippen molar-refractivity contribution < 1.29 is 14.0 Å². The van der Waals surface area contributed by atoms with Gasteiger partial charge in [0.1, 0.15) is 46.6 Å². The van der Waals surface area contributed by atoms with Crippen LogP contribution in [0.15, 0.2) is 41.3 Å². The van der Waals surface area contributed by atoms with Crippen LogP contribution in [0.5, 0.6) is 0 Å². The van der Waals surface area contributed by atoms with Crippen molar-refractivity contribution in [2.24, 2.45) is 5.92 Å². The summed E-state index contributed by atoms with van der Waals surface area (Å²) in [5.41, 5.74) is 7.68. The molecule has 4 aromatic rings. The fourth-order valence-electron chi connectivity index (χ4n) is 5.54. The Kier molecular flexibility index (Phi) is 5.40. The van der Waals surface area contributed by atoms with Gasteiger partial charge in [0.15, 0.2) is 0 Å². The van der Waals surface area contributed by atoms with Gasteiger partial charge >= 0.3 is 0 Å². The predicted octanol–water partition coefficient (Wildman–Crippen LogP) is 3.79. The number of halogens is 2. The molecule has 1 aromatic carbocycles. The molecular weight excluding hydrogens is 529 g/mol. The molecule has 3 aromatic heterocycles. The van der Waals surface area contributed by atoms with E-state index >= 15 is 0 Å². The summed E-state index contributed by atoms with van der Waals surface area (Å²) in [6.45, 7) is 1.62. The van der Waals surface area contributed by atoms with E-state index in [4.69, 9.17) is 5.73 Å². The Morgan fingerprint density at radius 2 is 2.08 bits per heavy atom. The van der Waals surface area contributed by atoms with E-state index in [0.717, 1.165) is 12.8 Å². The number of carbonyl (C=O) groups excluding carboxylic acids is 2. The van der Waals surface area contributed by atoms with Crippen LogP contribution < -0.4 is 11.1 Å². The Labute approximate surface area is 214 Å². The van der Waals surface area contributed by atoms with Crippen LogP contribution >= 0.6 is 15.9 Å². The second-order valence-electron chi connectivity index (χ2n) is 9.45. The molecule has 3 N–H and O–H groups in total. The molecule has 2 amide bonds. The van der Waals surface area contributed by atoms with E-state index < -0.39 is 6.04 Å². The molecule has 6 rings (SSSR count). The number of nitrogen functional groups attached to an aromatic ring is 1. The van der Waals surface area contributed by atoms with E-state index in [-0.39, 0.29) is 36.0 Å². The van der Waals surface area contributed by atoms with Crippen molar-refractivity contribution in [3.63, 3.8) is 0 Å². The summed E-state index contributed by atoms with van der Waals surface area (Å²) < 4.78 is 16.8. The zero-order valence-corrected chi connectivity index (χ0v) is 21.0. The third-order valence-corrected chi connectivity index (χ3v) is 7.84. The van der Waals surface area contributed by atoms with E-state index in [1.54, 1.807) is 40.7 Å². The van der Waals surface area contributed by atoms with E-state index in [2.05, 4.69) is 36.2 Å². The summed E-state index contributed by atoms with van der Waals surface area (Å²) in [4.78, 5) is 41.5. The molecule has 1 aliphatic heterocycles. The third kappa shape index (κ3) is 3.60. The van der Waals surface area contributed by atoms with Gasteiger partial charge in [0.05, 0.1) is 10.9 Å². The van der Waals surface area contributed by atoms with Gasteiger partial charge in [0, 0.05) is 11.4 Å². The van der Waals surface area contributed by atoms with E-state index in [9.17, 15) is 14.0 Å². The van der Waals surface area contributed by atoms with E-state index in [1.807, 2.05) is 0 Å². The Morgan fingerprint density at radius 3 is 2.83 bits per heavy atom. The van der Waals surface area contributed by atoms with Crippen LogP contribution in [-0.4, -0.2) is 48.3 Å². The molecule has 36 heavy (non-hydrogen) atoms. The average Bonchev–Trinajstić information content (AvgIpc) is 3.26. The standard InChI is InChI=1S/C25H23BrFN7O2/c1-12-7-17-14(9-15(12)27)22-23(28)29-11-30-24(22)33(17)10-21(35)34-16-6-5-13(16)8-18(34)25(36)32-20-4-2-3-19(26)31-20/h2-4,7,9,11,13,16,18H,5-6,8,10H2,1H3,(H2,28,29,30)(H,31,32,36)/t13-,16-,18+/m1/s1. The van der Waals surface area contributed by atoms with Gasteiger partial charge in [0.25, 0.3) is 0 Å². The first-order valence-corrected chi connectivity index (χ1v) is 12.5. The highest BCUT2D eigenvalue weighted by molar-refractivity contribution is 9.10. The maximum Gasteiger partial charge on any atom is 0.248 e. The molecule has 1 saturated carbocycles. The van der Waals surface area contributed by atoms with Crippen LogP contribution in [0.3, 0.4) is 0 Å². The lowest BCUT2D eigenvalue weighted by atomic mass is 9.80. The number of nitrogens with two attached hydrogens (primary N) is 1. The number of amides is 2. The molecule has 1 saturated heterocycles. The molecule has 1 aliphatic carbocycles. The number of anilines is 2. The van der Waals surface area contributed by atoms with Crippen LogP contribution in [0, 0.1) is 18.7 Å². The van der Waals surface area contributed by atoms with Crippen LogP contribution in [-0.2, 0) is 16.1 Å². The highest BCUT2D eigenvalue weighted by Gasteiger charge is 2.51. The maximum atomic E-state index is 14.5. The number of hydrogen-bond donors (Lipinski definition) is 2. The first kappa shape index (κ1) is 22.8. The lowest BCUT2D eigenvalue weighted by Crippen LogP contribution is -2.50. The van der Waals surface area contributed by atoms with Gasteiger partial charge in [0.2, 0.25) is 11.8 Å². The number of nitrogens with zero attached hydrogens (tertiary/aromatic N) is 5. The molecule has 0 unspecified atom stereocenters. The number of benzene rings is 1. The van der Waals surface area contributed by atoms with Crippen molar-refractivity contribution in [1.82, 2.24) is 24.4 Å². The van der Waals surface area contributed by atoms with Crippen LogP contribution in [0.25, 0.3) is 21.9 Å². The molecule has 9 nitrogen and oxygen atoms in total. The fraction of sp³-hybridized carbons (Fsp3) is 0.320. The molecule has 0 spiro atoms. The SMILES string of the molecule is Cc1cc2c(cc1F)c1c(N)ncnc1n2CC(=O)N1[C@@H]2CC[C@@H]2C[C@H]1C(=O)Nc1cccc(Br)n1. The number of aromatic nitrogens is 4. The molecular formula is C25H23BrFN7O2. The van der Waals surface area contributed by atoms with Crippen molar-refractivity contribution in [1.29, 1.82) is 0 Å². The predicted molar refractivity (Wildman–Crippen MR) is 136 cm³/mol. The first-order chi connectivity index (χ1) is 17.3. The van der Waals surface area contributed by atoms with E-state index in [0.29, 0.717) is 50.3 Å². The third-order valence-electron chi connectivity index (χ3n) is 7.40. The molecule has 0 radical (unpaired) electrons. The molecule has 0 bridgehead atoms. The van der Waals surface area contributed by atoms with Gasteiger partial charge in [-0.2, -0.15) is 0 Å². The Morgan fingerprint density at radius 1 is 1.25 bits per heavy atom. The van der Waals surface area contributed by atoms with E-state index in [1.165, 1.54) is 12.4 Å². The van der Waals surface area contributed by atoms with Gasteiger partial charge in [-0.3, -0.25) is 9.59 Å². The monoisotopic (exact) mass is 551 g/mol. The van der Waals surface area contributed by atoms with Crippen LogP contribution in [0.1, 0.15) is 24.8 Å². The number of hydrogen-bond acceptors (Lipinski definition) is 6. The summed E-state index contributed by atoms with van der Waals surface area (Å²) in [5.74, 6) is 0.127. The summed E-state index contributed by atoms with van der Waals surface area (Å²) >= 11 is 3.31. The number of likely N-dealkylation sites (tertiary alicyclic amines) is 1. The number of fused-ring (bicyclic) bond motifs is 4.